The van der Waals surface area contributed by atoms with Crippen molar-refractivity contribution >= 4 is 19.1 Å². The van der Waals surface area contributed by atoms with Gasteiger partial charge in [-0.3, -0.25) is 9.69 Å². The number of alkyl carbamates (subject to hydrolysis) is 1. The number of nitrogens with one attached hydrogen (secondary N) is 1. The van der Waals surface area contributed by atoms with Crippen molar-refractivity contribution in [3.63, 3.8) is 0 Å². The van der Waals surface area contributed by atoms with Crippen LogP contribution in [0.4, 0.5) is 4.79 Å². The van der Waals surface area contributed by atoms with Gasteiger partial charge < -0.3 is 29.7 Å². The molecule has 39 heavy (non-hydrogen) atoms. The lowest BCUT2D eigenvalue weighted by Crippen LogP contribution is -2.53. The van der Waals surface area contributed by atoms with Gasteiger partial charge in [0.05, 0.1) is 24.2 Å². The lowest BCUT2D eigenvalue weighted by molar-refractivity contribution is -0.132. The molecule has 10 nitrogen and oxygen atoms in total. The van der Waals surface area contributed by atoms with Crippen molar-refractivity contribution in [3.8, 4) is 6.07 Å². The van der Waals surface area contributed by atoms with Crippen molar-refractivity contribution in [1.82, 2.24) is 15.1 Å². The van der Waals surface area contributed by atoms with Gasteiger partial charge >= 0.3 is 13.2 Å². The van der Waals surface area contributed by atoms with E-state index in [9.17, 15) is 24.9 Å². The maximum atomic E-state index is 13.8. The maximum absolute atomic E-state index is 13.8. The van der Waals surface area contributed by atoms with E-state index in [1.165, 1.54) is 0 Å². The minimum absolute atomic E-state index is 0.00229. The molecule has 0 radical (unpaired) electrons. The smallest absolute Gasteiger partial charge is 0.447 e. The number of carbonyl (C=O) groups is 2. The number of nitriles is 1. The van der Waals surface area contributed by atoms with Crippen molar-refractivity contribution in [2.24, 2.45) is 0 Å². The standard InChI is InChI=1S/C28H39BN4O6/c1-20-18-32(13-14-38-20)27(2,3)16-22(17-30)25(34)33-23-9-11-28(33,12-10-23)19-39-26(35)31-24(29(36)37)15-21-7-5-4-6-8-21/h4-8,16,20,23-24,36-37H,9-15,18-19H2,1-3H3,(H,31,35)/t20?,23?,24-,28?/m0/s1. The highest BCUT2D eigenvalue weighted by Gasteiger charge is 2.55. The molecule has 0 saturated carbocycles. The highest BCUT2D eigenvalue weighted by Crippen LogP contribution is 2.47. The van der Waals surface area contributed by atoms with E-state index in [0.29, 0.717) is 32.5 Å². The number of fused-ring (bicyclic) bond motifs is 2. The summed E-state index contributed by atoms with van der Waals surface area (Å²) in [5.41, 5.74) is -0.265. The number of ether oxygens (including phenoxy) is 2. The Kier molecular flexibility index (Phi) is 9.02. The number of amides is 2. The molecule has 3 aliphatic rings. The summed E-state index contributed by atoms with van der Waals surface area (Å²) in [5, 5.41) is 32.1. The molecule has 11 heteroatoms. The number of hydrogen-bond acceptors (Lipinski definition) is 8. The Bertz CT molecular complexity index is 1100. The van der Waals surface area contributed by atoms with E-state index in [0.717, 1.165) is 18.4 Å². The topological polar surface area (TPSA) is 135 Å². The highest BCUT2D eigenvalue weighted by atomic mass is 16.6. The normalized spacial score (nSPS) is 26.2. The van der Waals surface area contributed by atoms with Crippen LogP contribution in [-0.4, -0.2) is 94.4 Å². The molecule has 4 rings (SSSR count). The first-order valence-corrected chi connectivity index (χ1v) is 13.7. The third-order valence-corrected chi connectivity index (χ3v) is 8.32. The quantitative estimate of drug-likeness (QED) is 0.246. The first-order chi connectivity index (χ1) is 18.5. The predicted molar refractivity (Wildman–Crippen MR) is 145 cm³/mol. The lowest BCUT2D eigenvalue weighted by Gasteiger charge is -2.41. The van der Waals surface area contributed by atoms with E-state index < -0.39 is 30.2 Å². The largest absolute Gasteiger partial charge is 0.475 e. The Morgan fingerprint density at radius 3 is 2.62 bits per heavy atom. The number of rotatable bonds is 9. The zero-order valence-electron chi connectivity index (χ0n) is 23.0. The highest BCUT2D eigenvalue weighted by molar-refractivity contribution is 6.43. The fraction of sp³-hybridized carbons (Fsp3) is 0.607. The first-order valence-electron chi connectivity index (χ1n) is 13.7. The van der Waals surface area contributed by atoms with Gasteiger partial charge in [0.15, 0.2) is 0 Å². The Morgan fingerprint density at radius 2 is 2.00 bits per heavy atom. The molecular weight excluding hydrogens is 499 g/mol. The number of hydrogen-bond donors (Lipinski definition) is 3. The Labute approximate surface area is 230 Å². The van der Waals surface area contributed by atoms with Crippen LogP contribution in [0, 0.1) is 11.3 Å². The van der Waals surface area contributed by atoms with Crippen LogP contribution in [0.25, 0.3) is 0 Å². The van der Waals surface area contributed by atoms with Crippen LogP contribution >= 0.6 is 0 Å². The minimum atomic E-state index is -1.77. The molecule has 2 bridgehead atoms. The van der Waals surface area contributed by atoms with Gasteiger partial charge in [0, 0.05) is 24.7 Å². The third kappa shape index (κ3) is 6.64. The second kappa shape index (κ2) is 12.1. The molecule has 3 aliphatic heterocycles. The monoisotopic (exact) mass is 538 g/mol. The van der Waals surface area contributed by atoms with Crippen LogP contribution in [0.2, 0.25) is 0 Å². The molecular formula is C28H39BN4O6. The number of nitrogens with zero attached hydrogens (tertiary/aromatic N) is 3. The van der Waals surface area contributed by atoms with Gasteiger partial charge in [-0.25, -0.2) is 4.79 Å². The van der Waals surface area contributed by atoms with Gasteiger partial charge in [0.25, 0.3) is 5.91 Å². The van der Waals surface area contributed by atoms with E-state index in [1.54, 1.807) is 11.0 Å². The van der Waals surface area contributed by atoms with Gasteiger partial charge in [-0.05, 0) is 64.5 Å². The maximum Gasteiger partial charge on any atom is 0.475 e. The van der Waals surface area contributed by atoms with Crippen molar-refractivity contribution in [2.45, 2.75) is 82.0 Å². The molecule has 0 aliphatic carbocycles. The van der Waals surface area contributed by atoms with Gasteiger partial charge in [0.2, 0.25) is 0 Å². The molecule has 3 saturated heterocycles. The van der Waals surface area contributed by atoms with E-state index in [2.05, 4.69) is 16.3 Å². The fourth-order valence-electron chi connectivity index (χ4n) is 6.17. The van der Waals surface area contributed by atoms with Crippen LogP contribution < -0.4 is 5.32 Å². The van der Waals surface area contributed by atoms with Crippen molar-refractivity contribution in [3.05, 3.63) is 47.5 Å². The average molecular weight is 538 g/mol. The Balaban J connectivity index is 1.43. The molecule has 3 N–H and O–H groups in total. The molecule has 0 aromatic heterocycles. The molecule has 2 atom stereocenters. The number of morpholine rings is 1. The average Bonchev–Trinajstić information content (AvgIpc) is 3.46. The van der Waals surface area contributed by atoms with Crippen molar-refractivity contribution < 1.29 is 29.1 Å². The van der Waals surface area contributed by atoms with Gasteiger partial charge in [-0.1, -0.05) is 30.3 Å². The SMILES string of the molecule is CC1CN(C(C)(C)C=C(C#N)C(=O)N2C3CCC2(COC(=O)N[C@@H](Cc2ccccc2)B(O)O)CC3)CCO1. The summed E-state index contributed by atoms with van der Waals surface area (Å²) in [6.07, 6.45) is 4.19. The van der Waals surface area contributed by atoms with E-state index >= 15 is 0 Å². The van der Waals surface area contributed by atoms with Gasteiger partial charge in [-0.2, -0.15) is 5.26 Å². The van der Waals surface area contributed by atoms with Gasteiger partial charge in [-0.15, -0.1) is 0 Å². The van der Waals surface area contributed by atoms with E-state index in [1.807, 2.05) is 51.1 Å². The summed E-state index contributed by atoms with van der Waals surface area (Å²) in [5.74, 6) is -1.28. The number of carbonyl (C=O) groups excluding carboxylic acids is 2. The molecule has 210 valence electrons. The summed E-state index contributed by atoms with van der Waals surface area (Å²) in [4.78, 5) is 30.4. The molecule has 0 spiro atoms. The first kappa shape index (κ1) is 29.1. The second-order valence-electron chi connectivity index (χ2n) is 11.5. The molecule has 3 heterocycles. The van der Waals surface area contributed by atoms with Crippen LogP contribution in [-0.2, 0) is 20.7 Å². The zero-order valence-corrected chi connectivity index (χ0v) is 23.0. The van der Waals surface area contributed by atoms with Crippen molar-refractivity contribution in [2.75, 3.05) is 26.3 Å². The second-order valence-corrected chi connectivity index (χ2v) is 11.5. The van der Waals surface area contributed by atoms with Crippen LogP contribution in [0.5, 0.6) is 0 Å². The summed E-state index contributed by atoms with van der Waals surface area (Å²) < 4.78 is 11.2. The molecule has 3 fully saturated rings. The van der Waals surface area contributed by atoms with Crippen LogP contribution in [0.3, 0.4) is 0 Å². The molecule has 1 unspecified atom stereocenters. The summed E-state index contributed by atoms with van der Waals surface area (Å²) in [6, 6.07) is 11.3. The van der Waals surface area contributed by atoms with Gasteiger partial charge in [0.1, 0.15) is 18.2 Å². The van der Waals surface area contributed by atoms with E-state index in [-0.39, 0.29) is 36.7 Å². The fourth-order valence-corrected chi connectivity index (χ4v) is 6.17. The number of benzene rings is 1. The molecule has 1 aromatic rings. The minimum Gasteiger partial charge on any atom is -0.447 e. The third-order valence-electron chi connectivity index (χ3n) is 8.32. The summed E-state index contributed by atoms with van der Waals surface area (Å²) in [6.45, 7) is 8.01. The molecule has 2 amide bonds. The summed E-state index contributed by atoms with van der Waals surface area (Å²) >= 11 is 0. The Morgan fingerprint density at radius 1 is 1.31 bits per heavy atom. The zero-order chi connectivity index (χ0) is 28.2. The Hall–Kier alpha value is -2.91. The van der Waals surface area contributed by atoms with Crippen LogP contribution in [0.15, 0.2) is 42.0 Å². The summed E-state index contributed by atoms with van der Waals surface area (Å²) in [7, 11) is -1.77. The van der Waals surface area contributed by atoms with Crippen LogP contribution in [0.1, 0.15) is 52.0 Å². The lowest BCUT2D eigenvalue weighted by atomic mass is 9.76. The van der Waals surface area contributed by atoms with Crippen molar-refractivity contribution in [1.29, 1.82) is 5.26 Å². The van der Waals surface area contributed by atoms with E-state index in [4.69, 9.17) is 9.47 Å². The predicted octanol–water partition coefficient (Wildman–Crippen LogP) is 1.81. The molecule has 1 aromatic carbocycles.